The van der Waals surface area contributed by atoms with Crippen LogP contribution < -0.4 is 4.74 Å². The fourth-order valence-corrected chi connectivity index (χ4v) is 3.17. The molecule has 0 radical (unpaired) electrons. The van der Waals surface area contributed by atoms with E-state index in [4.69, 9.17) is 4.74 Å². The van der Waals surface area contributed by atoms with Crippen LogP contribution >= 0.6 is 0 Å². The molecule has 6 nitrogen and oxygen atoms in total. The third-order valence-corrected chi connectivity index (χ3v) is 4.71. The summed E-state index contributed by atoms with van der Waals surface area (Å²) >= 11 is 0. The summed E-state index contributed by atoms with van der Waals surface area (Å²) in [4.78, 5) is 37.2. The zero-order valence-corrected chi connectivity index (χ0v) is 15.1. The number of amides is 1. The maximum Gasteiger partial charge on any atom is 0.326 e. The lowest BCUT2D eigenvalue weighted by Gasteiger charge is -2.34. The summed E-state index contributed by atoms with van der Waals surface area (Å²) in [5, 5.41) is 9.51. The number of fused-ring (bicyclic) bond motifs is 1. The van der Waals surface area contributed by atoms with E-state index in [0.717, 1.165) is 11.1 Å². The molecular formula is C21H21NO5. The molecule has 2 aromatic carbocycles. The molecule has 0 bridgehead atoms. The standard InChI is InChI=1S/C21H21NO5/c1-2-19(23)14-7-9-17(10-8-14)27-13-20(24)22-12-16-6-4-3-5-15(16)11-18(22)21(25)26/h3-10,18H,2,11-13H2,1H3,(H,25,26). The van der Waals surface area contributed by atoms with E-state index in [-0.39, 0.29) is 31.3 Å². The number of rotatable bonds is 6. The smallest absolute Gasteiger partial charge is 0.326 e. The van der Waals surface area contributed by atoms with Gasteiger partial charge in [-0.2, -0.15) is 0 Å². The third kappa shape index (κ3) is 4.16. The van der Waals surface area contributed by atoms with E-state index in [9.17, 15) is 19.5 Å². The lowest BCUT2D eigenvalue weighted by atomic mass is 9.94. The topological polar surface area (TPSA) is 83.9 Å². The van der Waals surface area contributed by atoms with Crippen LogP contribution in [0, 0.1) is 0 Å². The lowest BCUT2D eigenvalue weighted by molar-refractivity contribution is -0.152. The van der Waals surface area contributed by atoms with Crippen molar-refractivity contribution in [2.45, 2.75) is 32.4 Å². The van der Waals surface area contributed by atoms with E-state index in [1.807, 2.05) is 24.3 Å². The molecule has 2 aromatic rings. The van der Waals surface area contributed by atoms with Crippen LogP contribution in [0.2, 0.25) is 0 Å². The average Bonchev–Trinajstić information content (AvgIpc) is 2.70. The molecule has 0 saturated heterocycles. The second-order valence-corrected chi connectivity index (χ2v) is 6.44. The SMILES string of the molecule is CCC(=O)c1ccc(OCC(=O)N2Cc3ccccc3CC2C(=O)O)cc1. The van der Waals surface area contributed by atoms with E-state index >= 15 is 0 Å². The highest BCUT2D eigenvalue weighted by Gasteiger charge is 2.34. The van der Waals surface area contributed by atoms with E-state index in [2.05, 4.69) is 0 Å². The fourth-order valence-electron chi connectivity index (χ4n) is 3.17. The van der Waals surface area contributed by atoms with Crippen molar-refractivity contribution in [1.82, 2.24) is 4.90 Å². The average molecular weight is 367 g/mol. The Labute approximate surface area is 157 Å². The normalized spacial score (nSPS) is 15.7. The highest BCUT2D eigenvalue weighted by Crippen LogP contribution is 2.24. The number of hydrogen-bond acceptors (Lipinski definition) is 4. The molecule has 1 amide bonds. The van der Waals surface area contributed by atoms with Crippen LogP contribution in [0.25, 0.3) is 0 Å². The maximum absolute atomic E-state index is 12.6. The summed E-state index contributed by atoms with van der Waals surface area (Å²) in [5.41, 5.74) is 2.49. The number of Topliss-reactive ketones (excluding diaryl/α,β-unsaturated/α-hetero) is 1. The van der Waals surface area contributed by atoms with Crippen LogP contribution in [0.3, 0.4) is 0 Å². The minimum absolute atomic E-state index is 0.0360. The number of carboxylic acids is 1. The number of carboxylic acid groups (broad SMARTS) is 1. The number of hydrogen-bond donors (Lipinski definition) is 1. The summed E-state index contributed by atoms with van der Waals surface area (Å²) in [6.07, 6.45) is 0.705. The fraction of sp³-hybridized carbons (Fsp3) is 0.286. The Morgan fingerprint density at radius 3 is 2.37 bits per heavy atom. The molecule has 1 heterocycles. The van der Waals surface area contributed by atoms with Crippen LogP contribution in [0.1, 0.15) is 34.8 Å². The Morgan fingerprint density at radius 2 is 1.74 bits per heavy atom. The van der Waals surface area contributed by atoms with Gasteiger partial charge in [-0.3, -0.25) is 9.59 Å². The van der Waals surface area contributed by atoms with Crippen molar-refractivity contribution in [3.63, 3.8) is 0 Å². The minimum atomic E-state index is -1.03. The first-order chi connectivity index (χ1) is 13.0. The maximum atomic E-state index is 12.6. The summed E-state index contributed by atoms with van der Waals surface area (Å²) < 4.78 is 5.51. The molecular weight excluding hydrogens is 346 g/mol. The van der Waals surface area contributed by atoms with Gasteiger partial charge in [0.2, 0.25) is 0 Å². The minimum Gasteiger partial charge on any atom is -0.484 e. The number of benzene rings is 2. The molecule has 3 rings (SSSR count). The first kappa shape index (κ1) is 18.6. The molecule has 0 fully saturated rings. The van der Waals surface area contributed by atoms with Gasteiger partial charge in [-0.05, 0) is 35.4 Å². The number of ether oxygens (including phenoxy) is 1. The lowest BCUT2D eigenvalue weighted by Crippen LogP contribution is -2.50. The zero-order chi connectivity index (χ0) is 19.4. The van der Waals surface area contributed by atoms with E-state index < -0.39 is 12.0 Å². The molecule has 1 N–H and O–H groups in total. The van der Waals surface area contributed by atoms with Crippen LogP contribution in [0.5, 0.6) is 5.75 Å². The quantitative estimate of drug-likeness (QED) is 0.794. The largest absolute Gasteiger partial charge is 0.484 e. The van der Waals surface area contributed by atoms with Crippen molar-refractivity contribution in [3.8, 4) is 5.75 Å². The summed E-state index contributed by atoms with van der Waals surface area (Å²) in [5.74, 6) is -0.917. The van der Waals surface area contributed by atoms with Crippen LogP contribution in [0.4, 0.5) is 0 Å². The van der Waals surface area contributed by atoms with Crippen LogP contribution in [0.15, 0.2) is 48.5 Å². The van der Waals surface area contributed by atoms with E-state index in [0.29, 0.717) is 17.7 Å². The molecule has 27 heavy (non-hydrogen) atoms. The molecule has 1 aliphatic heterocycles. The molecule has 6 heteroatoms. The van der Waals surface area contributed by atoms with Gasteiger partial charge in [-0.1, -0.05) is 31.2 Å². The van der Waals surface area contributed by atoms with Gasteiger partial charge in [0, 0.05) is 24.9 Å². The Hall–Kier alpha value is -3.15. The van der Waals surface area contributed by atoms with Gasteiger partial charge in [0.1, 0.15) is 11.8 Å². The molecule has 1 atom stereocenters. The van der Waals surface area contributed by atoms with Gasteiger partial charge in [-0.25, -0.2) is 4.79 Å². The Morgan fingerprint density at radius 1 is 1.07 bits per heavy atom. The third-order valence-electron chi connectivity index (χ3n) is 4.71. The van der Waals surface area contributed by atoms with Crippen molar-refractivity contribution >= 4 is 17.7 Å². The molecule has 0 saturated carbocycles. The molecule has 0 aromatic heterocycles. The number of carbonyl (C=O) groups excluding carboxylic acids is 2. The first-order valence-electron chi connectivity index (χ1n) is 8.84. The molecule has 0 spiro atoms. The molecule has 140 valence electrons. The van der Waals surface area contributed by atoms with Gasteiger partial charge < -0.3 is 14.7 Å². The van der Waals surface area contributed by atoms with E-state index in [1.165, 1.54) is 4.90 Å². The molecule has 1 unspecified atom stereocenters. The van der Waals surface area contributed by atoms with Crippen molar-refractivity contribution in [2.24, 2.45) is 0 Å². The number of carbonyl (C=O) groups is 3. The Balaban J connectivity index is 1.67. The van der Waals surface area contributed by atoms with Gasteiger partial charge in [0.05, 0.1) is 0 Å². The predicted molar refractivity (Wildman–Crippen MR) is 98.7 cm³/mol. The zero-order valence-electron chi connectivity index (χ0n) is 15.1. The number of aliphatic carboxylic acids is 1. The van der Waals surface area contributed by atoms with Crippen LogP contribution in [-0.4, -0.2) is 40.3 Å². The second kappa shape index (κ2) is 8.03. The highest BCUT2D eigenvalue weighted by molar-refractivity contribution is 5.95. The summed E-state index contributed by atoms with van der Waals surface area (Å²) in [6, 6.07) is 13.2. The highest BCUT2D eigenvalue weighted by atomic mass is 16.5. The Kier molecular flexibility index (Phi) is 5.54. The van der Waals surface area contributed by atoms with Gasteiger partial charge in [0.25, 0.3) is 5.91 Å². The van der Waals surface area contributed by atoms with Crippen LogP contribution in [-0.2, 0) is 22.6 Å². The first-order valence-corrected chi connectivity index (χ1v) is 8.84. The summed E-state index contributed by atoms with van der Waals surface area (Å²) in [7, 11) is 0. The number of ketones is 1. The second-order valence-electron chi connectivity index (χ2n) is 6.44. The Bertz CT molecular complexity index is 859. The molecule has 1 aliphatic rings. The monoisotopic (exact) mass is 367 g/mol. The van der Waals surface area contributed by atoms with Gasteiger partial charge in [-0.15, -0.1) is 0 Å². The van der Waals surface area contributed by atoms with Gasteiger partial charge >= 0.3 is 5.97 Å². The molecule has 0 aliphatic carbocycles. The number of nitrogens with zero attached hydrogens (tertiary/aromatic N) is 1. The van der Waals surface area contributed by atoms with Crippen molar-refractivity contribution in [3.05, 3.63) is 65.2 Å². The van der Waals surface area contributed by atoms with E-state index in [1.54, 1.807) is 31.2 Å². The predicted octanol–water partition coefficient (Wildman–Crippen LogP) is 2.70. The van der Waals surface area contributed by atoms with Gasteiger partial charge in [0.15, 0.2) is 12.4 Å². The van der Waals surface area contributed by atoms with Crippen molar-refractivity contribution in [2.75, 3.05) is 6.61 Å². The van der Waals surface area contributed by atoms with Crippen molar-refractivity contribution < 1.29 is 24.2 Å². The summed E-state index contributed by atoms with van der Waals surface area (Å²) in [6.45, 7) is 1.79. The van der Waals surface area contributed by atoms with Crippen molar-refractivity contribution in [1.29, 1.82) is 0 Å².